The van der Waals surface area contributed by atoms with Gasteiger partial charge in [0.1, 0.15) is 0 Å². The second-order valence-electron chi connectivity index (χ2n) is 2.88. The largest absolute Gasteiger partial charge is 0.303 e. The van der Waals surface area contributed by atoms with Gasteiger partial charge in [0.05, 0.1) is 11.4 Å². The van der Waals surface area contributed by atoms with Gasteiger partial charge in [0, 0.05) is 6.42 Å². The summed E-state index contributed by atoms with van der Waals surface area (Å²) in [6.45, 7) is 0. The third-order valence-corrected chi connectivity index (χ3v) is 1.90. The van der Waals surface area contributed by atoms with E-state index in [1.165, 1.54) is 0 Å². The minimum absolute atomic E-state index is 0.489. The van der Waals surface area contributed by atoms with Crippen molar-refractivity contribution in [2.45, 2.75) is 32.1 Å². The predicted molar refractivity (Wildman–Crippen MR) is 47.7 cm³/mol. The van der Waals surface area contributed by atoms with E-state index in [2.05, 4.69) is 6.08 Å². The molecule has 0 saturated carbocycles. The molecule has 0 amide bonds. The zero-order chi connectivity index (χ0) is 8.10. The average Bonchev–Trinajstić information content (AvgIpc) is 2.07. The molecule has 1 rings (SSSR count). The topological polar surface area (TPSA) is 47.7 Å². The SMILES string of the molecule is N=C1C/C=C\CCCCC1=N. The van der Waals surface area contributed by atoms with Crippen molar-refractivity contribution in [3.8, 4) is 0 Å². The second kappa shape index (κ2) is 4.06. The lowest BCUT2D eigenvalue weighted by molar-refractivity contribution is 0.779. The molecule has 0 aliphatic heterocycles. The number of hydrogen-bond donors (Lipinski definition) is 2. The normalized spacial score (nSPS) is 23.6. The van der Waals surface area contributed by atoms with Crippen LogP contribution >= 0.6 is 0 Å². The van der Waals surface area contributed by atoms with Crippen LogP contribution < -0.4 is 0 Å². The number of rotatable bonds is 0. The van der Waals surface area contributed by atoms with Crippen LogP contribution in [0, 0.1) is 10.8 Å². The molecule has 11 heavy (non-hydrogen) atoms. The summed E-state index contributed by atoms with van der Waals surface area (Å²) in [5, 5.41) is 14.9. The van der Waals surface area contributed by atoms with Crippen molar-refractivity contribution >= 4 is 11.4 Å². The van der Waals surface area contributed by atoms with Gasteiger partial charge in [0.15, 0.2) is 0 Å². The lowest BCUT2D eigenvalue weighted by Gasteiger charge is -2.00. The maximum absolute atomic E-state index is 7.47. The van der Waals surface area contributed by atoms with Gasteiger partial charge < -0.3 is 10.8 Å². The number of nitrogens with one attached hydrogen (secondary N) is 2. The molecule has 0 aromatic carbocycles. The van der Waals surface area contributed by atoms with E-state index in [9.17, 15) is 0 Å². The lowest BCUT2D eigenvalue weighted by atomic mass is 10.1. The summed E-state index contributed by atoms with van der Waals surface area (Å²) >= 11 is 0. The average molecular weight is 150 g/mol. The summed E-state index contributed by atoms with van der Waals surface area (Å²) in [7, 11) is 0. The minimum atomic E-state index is 0.489. The number of hydrogen-bond acceptors (Lipinski definition) is 2. The van der Waals surface area contributed by atoms with Gasteiger partial charge in [-0.1, -0.05) is 12.2 Å². The highest BCUT2D eigenvalue weighted by molar-refractivity contribution is 6.40. The lowest BCUT2D eigenvalue weighted by Crippen LogP contribution is -2.09. The molecule has 0 unspecified atom stereocenters. The molecule has 2 N–H and O–H groups in total. The first-order valence-electron chi connectivity index (χ1n) is 4.11. The van der Waals surface area contributed by atoms with Crippen LogP contribution in [0.1, 0.15) is 32.1 Å². The molecule has 1 aliphatic rings. The van der Waals surface area contributed by atoms with Crippen LogP contribution in [-0.4, -0.2) is 11.4 Å². The van der Waals surface area contributed by atoms with E-state index in [4.69, 9.17) is 10.8 Å². The molecule has 60 valence electrons. The Bertz CT molecular complexity index is 192. The summed E-state index contributed by atoms with van der Waals surface area (Å²) < 4.78 is 0. The van der Waals surface area contributed by atoms with Gasteiger partial charge in [-0.2, -0.15) is 0 Å². The summed E-state index contributed by atoms with van der Waals surface area (Å²) in [6, 6.07) is 0. The summed E-state index contributed by atoms with van der Waals surface area (Å²) in [5.41, 5.74) is 1.01. The monoisotopic (exact) mass is 150 g/mol. The van der Waals surface area contributed by atoms with Crippen molar-refractivity contribution in [1.29, 1.82) is 10.8 Å². The van der Waals surface area contributed by atoms with E-state index < -0.39 is 0 Å². The van der Waals surface area contributed by atoms with Gasteiger partial charge >= 0.3 is 0 Å². The van der Waals surface area contributed by atoms with E-state index in [0.29, 0.717) is 17.8 Å². The summed E-state index contributed by atoms with van der Waals surface area (Å²) in [5.74, 6) is 0. The molecule has 0 saturated heterocycles. The highest BCUT2D eigenvalue weighted by Crippen LogP contribution is 2.07. The summed E-state index contributed by atoms with van der Waals surface area (Å²) in [6.07, 6.45) is 8.90. The van der Waals surface area contributed by atoms with Gasteiger partial charge in [0.2, 0.25) is 0 Å². The molecule has 2 nitrogen and oxygen atoms in total. The molecule has 0 bridgehead atoms. The van der Waals surface area contributed by atoms with Crippen LogP contribution in [0.2, 0.25) is 0 Å². The molecule has 1 aliphatic carbocycles. The molecule has 0 aromatic heterocycles. The van der Waals surface area contributed by atoms with Gasteiger partial charge in [-0.25, -0.2) is 0 Å². The Kier molecular flexibility index (Phi) is 3.02. The van der Waals surface area contributed by atoms with Crippen molar-refractivity contribution in [3.05, 3.63) is 12.2 Å². The Morgan fingerprint density at radius 3 is 2.64 bits per heavy atom. The van der Waals surface area contributed by atoms with Crippen molar-refractivity contribution in [2.24, 2.45) is 0 Å². The van der Waals surface area contributed by atoms with Gasteiger partial charge in [-0.3, -0.25) is 0 Å². The number of allylic oxidation sites excluding steroid dienone is 2. The second-order valence-corrected chi connectivity index (χ2v) is 2.88. The Labute approximate surface area is 67.3 Å². The highest BCUT2D eigenvalue weighted by atomic mass is 14.5. The highest BCUT2D eigenvalue weighted by Gasteiger charge is 2.03. The predicted octanol–water partition coefficient (Wildman–Crippen LogP) is 2.55. The van der Waals surface area contributed by atoms with Crippen molar-refractivity contribution < 1.29 is 0 Å². The van der Waals surface area contributed by atoms with Gasteiger partial charge in [0.25, 0.3) is 0 Å². The Hall–Kier alpha value is -0.920. The van der Waals surface area contributed by atoms with E-state index in [1.807, 2.05) is 6.08 Å². The Morgan fingerprint density at radius 1 is 1.00 bits per heavy atom. The van der Waals surface area contributed by atoms with Crippen LogP contribution in [0.15, 0.2) is 12.2 Å². The maximum Gasteiger partial charge on any atom is 0.0558 e. The Balaban J connectivity index is 2.53. The zero-order valence-corrected chi connectivity index (χ0v) is 6.69. The van der Waals surface area contributed by atoms with Crippen LogP contribution in [0.4, 0.5) is 0 Å². The standard InChI is InChI=1S/C9H14N2/c10-8-6-4-2-1-3-5-7-9(8)11/h2,4,10-11H,1,3,5-7H2/b4-2-,10-8?,11-9?. The van der Waals surface area contributed by atoms with Crippen molar-refractivity contribution in [3.63, 3.8) is 0 Å². The van der Waals surface area contributed by atoms with Crippen LogP contribution in [0.25, 0.3) is 0 Å². The minimum Gasteiger partial charge on any atom is -0.303 e. The first-order valence-corrected chi connectivity index (χ1v) is 4.11. The molecule has 0 heterocycles. The Morgan fingerprint density at radius 2 is 1.82 bits per heavy atom. The van der Waals surface area contributed by atoms with Crippen molar-refractivity contribution in [2.75, 3.05) is 0 Å². The van der Waals surface area contributed by atoms with Gasteiger partial charge in [-0.15, -0.1) is 0 Å². The van der Waals surface area contributed by atoms with Crippen LogP contribution in [-0.2, 0) is 0 Å². The fourth-order valence-corrected chi connectivity index (χ4v) is 1.16. The quantitative estimate of drug-likeness (QED) is 0.498. The molecule has 0 radical (unpaired) electrons. The first-order chi connectivity index (χ1) is 5.30. The summed E-state index contributed by atoms with van der Waals surface area (Å²) in [4.78, 5) is 0. The molecule has 0 spiro atoms. The smallest absolute Gasteiger partial charge is 0.0558 e. The molecule has 0 fully saturated rings. The van der Waals surface area contributed by atoms with Crippen LogP contribution in [0.3, 0.4) is 0 Å². The van der Waals surface area contributed by atoms with E-state index in [1.54, 1.807) is 0 Å². The fraction of sp³-hybridized carbons (Fsp3) is 0.556. The molecule has 0 atom stereocenters. The van der Waals surface area contributed by atoms with Crippen molar-refractivity contribution in [1.82, 2.24) is 0 Å². The fourth-order valence-electron chi connectivity index (χ4n) is 1.16. The van der Waals surface area contributed by atoms with Crippen LogP contribution in [0.5, 0.6) is 0 Å². The maximum atomic E-state index is 7.47. The molecular formula is C9H14N2. The van der Waals surface area contributed by atoms with E-state index in [-0.39, 0.29) is 0 Å². The first kappa shape index (κ1) is 8.18. The van der Waals surface area contributed by atoms with E-state index in [0.717, 1.165) is 25.7 Å². The third-order valence-electron chi connectivity index (χ3n) is 1.90. The van der Waals surface area contributed by atoms with Gasteiger partial charge in [-0.05, 0) is 25.7 Å². The third kappa shape index (κ3) is 2.66. The molecule has 2 heteroatoms. The van der Waals surface area contributed by atoms with E-state index >= 15 is 0 Å². The molecular weight excluding hydrogens is 136 g/mol. The molecule has 0 aromatic rings. The zero-order valence-electron chi connectivity index (χ0n) is 6.69.